The Bertz CT molecular complexity index is 590. The molecule has 0 radical (unpaired) electrons. The van der Waals surface area contributed by atoms with Crippen LogP contribution in [0.2, 0.25) is 0 Å². The lowest BCUT2D eigenvalue weighted by Crippen LogP contribution is -2.35. The van der Waals surface area contributed by atoms with Gasteiger partial charge in [-0.2, -0.15) is 0 Å². The van der Waals surface area contributed by atoms with Crippen molar-refractivity contribution in [1.29, 1.82) is 0 Å². The van der Waals surface area contributed by atoms with Gasteiger partial charge < -0.3 is 5.32 Å². The minimum Gasteiger partial charge on any atom is -0.308 e. The fraction of sp³-hybridized carbons (Fsp3) is 0.429. The summed E-state index contributed by atoms with van der Waals surface area (Å²) in [5, 5.41) is 12.8. The third kappa shape index (κ3) is 4.84. The second kappa shape index (κ2) is 6.56. The van der Waals surface area contributed by atoms with Gasteiger partial charge in [-0.05, 0) is 51.5 Å². The predicted molar refractivity (Wildman–Crippen MR) is 89.5 cm³/mol. The van der Waals surface area contributed by atoms with Crippen LogP contribution in [-0.2, 0) is 6.54 Å². The van der Waals surface area contributed by atoms with Gasteiger partial charge in [-0.3, -0.25) is 0 Å². The van der Waals surface area contributed by atoms with Gasteiger partial charge >= 0.3 is 0 Å². The summed E-state index contributed by atoms with van der Waals surface area (Å²) in [6.07, 6.45) is 0. The molecule has 0 amide bonds. The van der Waals surface area contributed by atoms with Crippen LogP contribution in [0.3, 0.4) is 0 Å². The number of nitrogens with one attached hydrogen (secondary N) is 1. The van der Waals surface area contributed by atoms with Crippen LogP contribution in [-0.4, -0.2) is 15.7 Å². The van der Waals surface area contributed by atoms with E-state index in [9.17, 15) is 0 Å². The topological polar surface area (TPSA) is 37.8 Å². The SMILES string of the molecule is Cc1nnc(Sc2ccc(Br)cc2CNC(C)(C)C)s1. The van der Waals surface area contributed by atoms with Crippen molar-refractivity contribution in [2.75, 3.05) is 0 Å². The maximum Gasteiger partial charge on any atom is 0.179 e. The van der Waals surface area contributed by atoms with Gasteiger partial charge in [0.25, 0.3) is 0 Å². The molecule has 108 valence electrons. The van der Waals surface area contributed by atoms with Crippen molar-refractivity contribution in [3.05, 3.63) is 33.2 Å². The van der Waals surface area contributed by atoms with Crippen molar-refractivity contribution in [2.24, 2.45) is 0 Å². The van der Waals surface area contributed by atoms with Crippen LogP contribution in [0.5, 0.6) is 0 Å². The average Bonchev–Trinajstić information content (AvgIpc) is 2.74. The van der Waals surface area contributed by atoms with Gasteiger partial charge in [0.1, 0.15) is 5.01 Å². The number of benzene rings is 1. The van der Waals surface area contributed by atoms with E-state index in [4.69, 9.17) is 0 Å². The molecule has 0 aliphatic heterocycles. The van der Waals surface area contributed by atoms with Crippen LogP contribution in [0.4, 0.5) is 0 Å². The molecule has 0 fully saturated rings. The summed E-state index contributed by atoms with van der Waals surface area (Å²) in [7, 11) is 0. The quantitative estimate of drug-likeness (QED) is 0.848. The van der Waals surface area contributed by atoms with Crippen LogP contribution in [0.1, 0.15) is 31.3 Å². The first-order chi connectivity index (χ1) is 9.33. The zero-order chi connectivity index (χ0) is 14.8. The molecule has 0 aliphatic carbocycles. The van der Waals surface area contributed by atoms with Crippen LogP contribution < -0.4 is 5.32 Å². The first-order valence-corrected chi connectivity index (χ1v) is 8.77. The van der Waals surface area contributed by atoms with Gasteiger partial charge in [-0.1, -0.05) is 39.0 Å². The molecule has 1 aromatic carbocycles. The highest BCUT2D eigenvalue weighted by Gasteiger charge is 2.12. The zero-order valence-corrected chi connectivity index (χ0v) is 15.2. The van der Waals surface area contributed by atoms with E-state index in [1.54, 1.807) is 23.1 Å². The van der Waals surface area contributed by atoms with Crippen molar-refractivity contribution in [3.8, 4) is 0 Å². The van der Waals surface area contributed by atoms with E-state index in [-0.39, 0.29) is 5.54 Å². The summed E-state index contributed by atoms with van der Waals surface area (Å²) >= 11 is 6.85. The Labute approximate surface area is 136 Å². The third-order valence-corrected chi connectivity index (χ3v) is 5.04. The smallest absolute Gasteiger partial charge is 0.179 e. The molecular weight excluding hydrogens is 354 g/mol. The maximum absolute atomic E-state index is 4.18. The molecule has 2 aromatic rings. The number of hydrogen-bond donors (Lipinski definition) is 1. The van der Waals surface area contributed by atoms with Crippen molar-refractivity contribution < 1.29 is 0 Å². The average molecular weight is 372 g/mol. The van der Waals surface area contributed by atoms with Gasteiger partial charge in [0.15, 0.2) is 4.34 Å². The summed E-state index contributed by atoms with van der Waals surface area (Å²) in [5.74, 6) is 0. The van der Waals surface area contributed by atoms with Crippen LogP contribution in [0, 0.1) is 6.92 Å². The van der Waals surface area contributed by atoms with E-state index >= 15 is 0 Å². The van der Waals surface area contributed by atoms with E-state index in [0.717, 1.165) is 20.4 Å². The van der Waals surface area contributed by atoms with Crippen molar-refractivity contribution in [3.63, 3.8) is 0 Å². The Hall–Kier alpha value is -0.430. The molecule has 0 saturated carbocycles. The fourth-order valence-corrected chi connectivity index (χ4v) is 3.85. The van der Waals surface area contributed by atoms with E-state index in [2.05, 4.69) is 70.4 Å². The van der Waals surface area contributed by atoms with E-state index in [1.807, 2.05) is 6.92 Å². The predicted octanol–water partition coefficient (Wildman–Crippen LogP) is 4.65. The molecule has 0 atom stereocenters. The Balaban J connectivity index is 2.19. The minimum absolute atomic E-state index is 0.101. The molecule has 20 heavy (non-hydrogen) atoms. The number of nitrogens with zero attached hydrogens (tertiary/aromatic N) is 2. The number of halogens is 1. The van der Waals surface area contributed by atoms with Gasteiger partial charge in [0.05, 0.1) is 0 Å². The van der Waals surface area contributed by atoms with Gasteiger partial charge in [-0.25, -0.2) is 0 Å². The number of hydrogen-bond acceptors (Lipinski definition) is 5. The molecule has 1 aromatic heterocycles. The first kappa shape index (κ1) is 15.9. The molecule has 6 heteroatoms. The van der Waals surface area contributed by atoms with Crippen LogP contribution >= 0.6 is 39.0 Å². The van der Waals surface area contributed by atoms with Crippen LogP contribution in [0.15, 0.2) is 31.9 Å². The van der Waals surface area contributed by atoms with Gasteiger partial charge in [0.2, 0.25) is 0 Å². The lowest BCUT2D eigenvalue weighted by Gasteiger charge is -2.21. The molecule has 1 N–H and O–H groups in total. The second-order valence-corrected chi connectivity index (χ2v) is 8.93. The molecule has 3 nitrogen and oxygen atoms in total. The molecule has 1 heterocycles. The Morgan fingerprint density at radius 1 is 1.30 bits per heavy atom. The summed E-state index contributed by atoms with van der Waals surface area (Å²) in [6, 6.07) is 6.36. The highest BCUT2D eigenvalue weighted by molar-refractivity contribution is 9.10. The van der Waals surface area contributed by atoms with E-state index in [1.165, 1.54) is 10.5 Å². The Morgan fingerprint density at radius 2 is 2.05 bits per heavy atom. The summed E-state index contributed by atoms with van der Waals surface area (Å²) in [6.45, 7) is 9.33. The largest absolute Gasteiger partial charge is 0.308 e. The molecule has 0 aliphatic rings. The van der Waals surface area contributed by atoms with Crippen molar-refractivity contribution in [2.45, 2.75) is 49.0 Å². The number of aromatic nitrogens is 2. The molecule has 0 saturated heterocycles. The summed E-state index contributed by atoms with van der Waals surface area (Å²) in [4.78, 5) is 1.22. The molecule has 0 bridgehead atoms. The highest BCUT2D eigenvalue weighted by Crippen LogP contribution is 2.33. The summed E-state index contributed by atoms with van der Waals surface area (Å²) < 4.78 is 2.09. The lowest BCUT2D eigenvalue weighted by atomic mass is 10.1. The zero-order valence-electron chi connectivity index (χ0n) is 12.0. The maximum atomic E-state index is 4.18. The normalized spacial score (nSPS) is 11.8. The molecule has 0 unspecified atom stereocenters. The lowest BCUT2D eigenvalue weighted by molar-refractivity contribution is 0.422. The van der Waals surface area contributed by atoms with E-state index < -0.39 is 0 Å². The molecular formula is C14H18BrN3S2. The highest BCUT2D eigenvalue weighted by atomic mass is 79.9. The first-order valence-electron chi connectivity index (χ1n) is 6.35. The van der Waals surface area contributed by atoms with E-state index in [0.29, 0.717) is 0 Å². The van der Waals surface area contributed by atoms with Crippen molar-refractivity contribution in [1.82, 2.24) is 15.5 Å². The van der Waals surface area contributed by atoms with Gasteiger partial charge in [0, 0.05) is 21.5 Å². The fourth-order valence-electron chi connectivity index (χ4n) is 1.56. The standard InChI is InChI=1S/C14H18BrN3S2/c1-9-17-18-13(19-9)20-12-6-5-11(15)7-10(12)8-16-14(2,3)4/h5-7,16H,8H2,1-4H3. The minimum atomic E-state index is 0.101. The third-order valence-electron chi connectivity index (χ3n) is 2.54. The number of rotatable bonds is 4. The summed E-state index contributed by atoms with van der Waals surface area (Å²) in [5.41, 5.74) is 1.37. The second-order valence-electron chi connectivity index (χ2n) is 5.54. The van der Waals surface area contributed by atoms with Gasteiger partial charge in [-0.15, -0.1) is 10.2 Å². The van der Waals surface area contributed by atoms with Crippen molar-refractivity contribution >= 4 is 39.0 Å². The molecule has 2 rings (SSSR count). The Morgan fingerprint density at radius 3 is 2.65 bits per heavy atom. The van der Waals surface area contributed by atoms with Crippen LogP contribution in [0.25, 0.3) is 0 Å². The molecule has 0 spiro atoms. The number of aryl methyl sites for hydroxylation is 1. The Kier molecular flexibility index (Phi) is 5.23. The monoisotopic (exact) mass is 371 g/mol.